The molecule has 0 radical (unpaired) electrons. The van der Waals surface area contributed by atoms with Crippen LogP contribution in [0.25, 0.3) is 0 Å². The van der Waals surface area contributed by atoms with Crippen molar-refractivity contribution in [2.24, 2.45) is 0 Å². The number of thiazole rings is 1. The minimum atomic E-state index is 0.701. The van der Waals surface area contributed by atoms with Gasteiger partial charge < -0.3 is 0 Å². The molecule has 1 rings (SSSR count). The van der Waals surface area contributed by atoms with Crippen LogP contribution in [-0.2, 0) is 6.54 Å². The first-order valence-electron chi connectivity index (χ1n) is 4.02. The van der Waals surface area contributed by atoms with Crippen LogP contribution in [0.5, 0.6) is 0 Å². The summed E-state index contributed by atoms with van der Waals surface area (Å²) in [5, 5.41) is 0. The van der Waals surface area contributed by atoms with Crippen molar-refractivity contribution in [3.05, 3.63) is 16.6 Å². The van der Waals surface area contributed by atoms with Crippen molar-refractivity contribution in [1.29, 1.82) is 0 Å². The maximum Gasteiger partial charge on any atom is 0.0794 e. The smallest absolute Gasteiger partial charge is 0.0794 e. The van der Waals surface area contributed by atoms with Gasteiger partial charge in [0.25, 0.3) is 0 Å². The summed E-state index contributed by atoms with van der Waals surface area (Å²) in [5.74, 6) is 0.701. The van der Waals surface area contributed by atoms with Crippen molar-refractivity contribution in [3.63, 3.8) is 0 Å². The lowest BCUT2D eigenvalue weighted by Crippen LogP contribution is -2.24. The highest BCUT2D eigenvalue weighted by atomic mass is 35.5. The number of rotatable bonds is 5. The number of hydrogen-bond donors (Lipinski definition) is 0. The molecule has 1 aromatic rings. The quantitative estimate of drug-likeness (QED) is 0.684. The van der Waals surface area contributed by atoms with Crippen LogP contribution < -0.4 is 0 Å². The molecule has 0 spiro atoms. The Kier molecular flexibility index (Phi) is 4.58. The molecular weight excluding hydrogens is 192 g/mol. The van der Waals surface area contributed by atoms with Gasteiger partial charge in [-0.1, -0.05) is 6.92 Å². The predicted molar refractivity (Wildman–Crippen MR) is 53.8 cm³/mol. The molecule has 0 aliphatic heterocycles. The normalized spacial score (nSPS) is 10.9. The summed E-state index contributed by atoms with van der Waals surface area (Å²) in [6.45, 7) is 5.13. The van der Waals surface area contributed by atoms with E-state index in [-0.39, 0.29) is 0 Å². The van der Waals surface area contributed by atoms with Crippen LogP contribution in [0.4, 0.5) is 0 Å². The molecule has 0 saturated carbocycles. The highest BCUT2D eigenvalue weighted by Gasteiger charge is 2.02. The van der Waals surface area contributed by atoms with Crippen LogP contribution in [-0.4, -0.2) is 28.9 Å². The molecule has 0 saturated heterocycles. The second kappa shape index (κ2) is 5.51. The molecule has 68 valence electrons. The second-order valence-electron chi connectivity index (χ2n) is 2.53. The molecule has 0 fully saturated rings. The van der Waals surface area contributed by atoms with Gasteiger partial charge in [-0.15, -0.1) is 22.9 Å². The molecule has 12 heavy (non-hydrogen) atoms. The SMILES string of the molecule is CCN(CCCl)Cc1cncs1. The van der Waals surface area contributed by atoms with Crippen molar-refractivity contribution >= 4 is 22.9 Å². The van der Waals surface area contributed by atoms with E-state index in [1.807, 2.05) is 11.7 Å². The molecule has 2 nitrogen and oxygen atoms in total. The molecule has 0 atom stereocenters. The van der Waals surface area contributed by atoms with Gasteiger partial charge in [0.05, 0.1) is 5.51 Å². The fourth-order valence-electron chi connectivity index (χ4n) is 1.01. The van der Waals surface area contributed by atoms with Gasteiger partial charge in [0.1, 0.15) is 0 Å². The number of alkyl halides is 1. The largest absolute Gasteiger partial charge is 0.297 e. The highest BCUT2D eigenvalue weighted by Crippen LogP contribution is 2.08. The van der Waals surface area contributed by atoms with Crippen molar-refractivity contribution in [2.45, 2.75) is 13.5 Å². The van der Waals surface area contributed by atoms with Gasteiger partial charge in [-0.05, 0) is 6.54 Å². The summed E-state index contributed by atoms with van der Waals surface area (Å²) >= 11 is 7.36. The standard InChI is InChI=1S/C8H13ClN2S/c1-2-11(4-3-9)6-8-5-10-7-12-8/h5,7H,2-4,6H2,1H3. The van der Waals surface area contributed by atoms with E-state index >= 15 is 0 Å². The number of nitrogens with zero attached hydrogens (tertiary/aromatic N) is 2. The van der Waals surface area contributed by atoms with Gasteiger partial charge in [0, 0.05) is 30.0 Å². The minimum Gasteiger partial charge on any atom is -0.297 e. The first-order chi connectivity index (χ1) is 5.86. The molecule has 0 aliphatic rings. The summed E-state index contributed by atoms with van der Waals surface area (Å²) < 4.78 is 0. The molecule has 0 N–H and O–H groups in total. The van der Waals surface area contributed by atoms with E-state index in [1.54, 1.807) is 11.3 Å². The molecule has 0 unspecified atom stereocenters. The third-order valence-electron chi connectivity index (χ3n) is 1.71. The monoisotopic (exact) mass is 204 g/mol. The maximum atomic E-state index is 5.66. The zero-order chi connectivity index (χ0) is 8.81. The lowest BCUT2D eigenvalue weighted by atomic mass is 10.4. The summed E-state index contributed by atoms with van der Waals surface area (Å²) in [4.78, 5) is 7.64. The Morgan fingerprint density at radius 3 is 3.00 bits per heavy atom. The minimum absolute atomic E-state index is 0.701. The molecule has 0 aliphatic carbocycles. The van der Waals surface area contributed by atoms with E-state index in [4.69, 9.17) is 11.6 Å². The fraction of sp³-hybridized carbons (Fsp3) is 0.625. The van der Waals surface area contributed by atoms with E-state index in [0.717, 1.165) is 19.6 Å². The van der Waals surface area contributed by atoms with E-state index in [1.165, 1.54) is 4.88 Å². The maximum absolute atomic E-state index is 5.66. The Labute approximate surface area is 82.2 Å². The van der Waals surface area contributed by atoms with Crippen molar-refractivity contribution in [3.8, 4) is 0 Å². The highest BCUT2D eigenvalue weighted by molar-refractivity contribution is 7.09. The van der Waals surface area contributed by atoms with Crippen molar-refractivity contribution in [2.75, 3.05) is 19.0 Å². The topological polar surface area (TPSA) is 16.1 Å². The third kappa shape index (κ3) is 3.09. The molecule has 0 aromatic carbocycles. The van der Waals surface area contributed by atoms with Crippen molar-refractivity contribution < 1.29 is 0 Å². The Balaban J connectivity index is 2.37. The molecule has 4 heteroatoms. The molecule has 0 bridgehead atoms. The van der Waals surface area contributed by atoms with Gasteiger partial charge in [0.2, 0.25) is 0 Å². The molecule has 0 amide bonds. The van der Waals surface area contributed by atoms with Crippen LogP contribution in [0.15, 0.2) is 11.7 Å². The van der Waals surface area contributed by atoms with Gasteiger partial charge >= 0.3 is 0 Å². The van der Waals surface area contributed by atoms with Crippen LogP contribution in [0, 0.1) is 0 Å². The summed E-state index contributed by atoms with van der Waals surface area (Å²) in [7, 11) is 0. The van der Waals surface area contributed by atoms with Gasteiger partial charge in [0.15, 0.2) is 0 Å². The first-order valence-corrected chi connectivity index (χ1v) is 5.44. The average Bonchev–Trinajstić information content (AvgIpc) is 2.56. The molecule has 1 heterocycles. The Morgan fingerprint density at radius 2 is 2.50 bits per heavy atom. The molecular formula is C8H13ClN2S. The zero-order valence-corrected chi connectivity index (χ0v) is 8.74. The van der Waals surface area contributed by atoms with Crippen LogP contribution >= 0.6 is 22.9 Å². The summed E-state index contributed by atoms with van der Waals surface area (Å²) in [6, 6.07) is 0. The summed E-state index contributed by atoms with van der Waals surface area (Å²) in [6.07, 6.45) is 1.92. The number of aromatic nitrogens is 1. The molecule has 1 aromatic heterocycles. The van der Waals surface area contributed by atoms with E-state index in [9.17, 15) is 0 Å². The van der Waals surface area contributed by atoms with E-state index < -0.39 is 0 Å². The Morgan fingerprint density at radius 1 is 1.67 bits per heavy atom. The van der Waals surface area contributed by atoms with E-state index in [2.05, 4.69) is 16.8 Å². The summed E-state index contributed by atoms with van der Waals surface area (Å²) in [5.41, 5.74) is 1.86. The van der Waals surface area contributed by atoms with Gasteiger partial charge in [-0.3, -0.25) is 9.88 Å². The Hall–Kier alpha value is -0.120. The van der Waals surface area contributed by atoms with Crippen molar-refractivity contribution in [1.82, 2.24) is 9.88 Å². The van der Waals surface area contributed by atoms with Gasteiger partial charge in [-0.25, -0.2) is 0 Å². The van der Waals surface area contributed by atoms with Gasteiger partial charge in [-0.2, -0.15) is 0 Å². The number of hydrogen-bond acceptors (Lipinski definition) is 3. The van der Waals surface area contributed by atoms with Crippen LogP contribution in [0.2, 0.25) is 0 Å². The second-order valence-corrected chi connectivity index (χ2v) is 3.87. The van der Waals surface area contributed by atoms with Crippen LogP contribution in [0.1, 0.15) is 11.8 Å². The average molecular weight is 205 g/mol. The fourth-order valence-corrected chi connectivity index (χ4v) is 1.88. The zero-order valence-electron chi connectivity index (χ0n) is 7.16. The van der Waals surface area contributed by atoms with E-state index in [0.29, 0.717) is 5.88 Å². The predicted octanol–water partition coefficient (Wildman–Crippen LogP) is 2.20. The Bertz CT molecular complexity index is 201. The first kappa shape index (κ1) is 9.96. The number of halogens is 1. The lowest BCUT2D eigenvalue weighted by Gasteiger charge is -2.17. The van der Waals surface area contributed by atoms with Crippen LogP contribution in [0.3, 0.4) is 0 Å². The third-order valence-corrected chi connectivity index (χ3v) is 2.64. The lowest BCUT2D eigenvalue weighted by molar-refractivity contribution is 0.300.